The monoisotopic (exact) mass is 468 g/mol. The maximum atomic E-state index is 12.4. The highest BCUT2D eigenvalue weighted by Gasteiger charge is 2.31. The van der Waals surface area contributed by atoms with Gasteiger partial charge in [-0.1, -0.05) is 18.2 Å². The van der Waals surface area contributed by atoms with Crippen LogP contribution in [0.5, 0.6) is 5.75 Å². The molecule has 0 bridgehead atoms. The van der Waals surface area contributed by atoms with Crippen LogP contribution >= 0.6 is 24.0 Å². The maximum Gasteiger partial charge on any atom is 0.573 e. The molecule has 9 heteroatoms. The lowest BCUT2D eigenvalue weighted by Crippen LogP contribution is -2.38. The van der Waals surface area contributed by atoms with Gasteiger partial charge in [-0.3, -0.25) is 4.99 Å². The summed E-state index contributed by atoms with van der Waals surface area (Å²) in [6.45, 7) is 1.55. The SMILES string of the molecule is CN=C(NCCn1cccc1)NCc1ccccc1OC(F)(F)F.I. The van der Waals surface area contributed by atoms with E-state index >= 15 is 0 Å². The van der Waals surface area contributed by atoms with Crippen LogP contribution in [0.4, 0.5) is 13.2 Å². The van der Waals surface area contributed by atoms with E-state index in [1.54, 1.807) is 19.2 Å². The Balaban J connectivity index is 0.00000312. The first kappa shape index (κ1) is 21.1. The molecule has 0 saturated carbocycles. The quantitative estimate of drug-likeness (QED) is 0.389. The first-order valence-corrected chi connectivity index (χ1v) is 7.37. The highest BCUT2D eigenvalue weighted by molar-refractivity contribution is 14.0. The van der Waals surface area contributed by atoms with Crippen LogP contribution in [0, 0.1) is 0 Å². The van der Waals surface area contributed by atoms with Gasteiger partial charge in [-0.05, 0) is 18.2 Å². The molecule has 1 aromatic heterocycles. The second-order valence-corrected chi connectivity index (χ2v) is 4.93. The van der Waals surface area contributed by atoms with Gasteiger partial charge in [-0.15, -0.1) is 37.1 Å². The lowest BCUT2D eigenvalue weighted by Gasteiger charge is -2.15. The molecule has 0 saturated heterocycles. The number of hydrogen-bond acceptors (Lipinski definition) is 2. The van der Waals surface area contributed by atoms with Gasteiger partial charge in [0, 0.05) is 44.6 Å². The van der Waals surface area contributed by atoms with Gasteiger partial charge in [0.05, 0.1) is 0 Å². The van der Waals surface area contributed by atoms with Gasteiger partial charge in [0.15, 0.2) is 5.96 Å². The van der Waals surface area contributed by atoms with E-state index in [-0.39, 0.29) is 36.3 Å². The lowest BCUT2D eigenvalue weighted by atomic mass is 10.2. The topological polar surface area (TPSA) is 50.6 Å². The van der Waals surface area contributed by atoms with Crippen LogP contribution < -0.4 is 15.4 Å². The van der Waals surface area contributed by atoms with Gasteiger partial charge in [-0.25, -0.2) is 0 Å². The predicted octanol–water partition coefficient (Wildman–Crippen LogP) is 3.37. The van der Waals surface area contributed by atoms with Crippen molar-refractivity contribution in [2.24, 2.45) is 4.99 Å². The average Bonchev–Trinajstić information content (AvgIpc) is 3.04. The van der Waals surface area contributed by atoms with E-state index in [0.717, 1.165) is 6.54 Å². The number of aliphatic imine (C=N–C) groups is 1. The molecule has 0 radical (unpaired) electrons. The molecule has 1 aromatic carbocycles. The zero-order chi connectivity index (χ0) is 17.4. The van der Waals surface area contributed by atoms with E-state index in [1.165, 1.54) is 12.1 Å². The Kier molecular flexibility index (Phi) is 8.59. The molecule has 138 valence electrons. The van der Waals surface area contributed by atoms with Crippen molar-refractivity contribution in [1.82, 2.24) is 15.2 Å². The minimum atomic E-state index is -4.72. The van der Waals surface area contributed by atoms with Crippen molar-refractivity contribution in [2.45, 2.75) is 19.5 Å². The van der Waals surface area contributed by atoms with Crippen molar-refractivity contribution in [1.29, 1.82) is 0 Å². The van der Waals surface area contributed by atoms with Crippen molar-refractivity contribution in [2.75, 3.05) is 13.6 Å². The summed E-state index contributed by atoms with van der Waals surface area (Å²) in [6.07, 6.45) is -0.821. The van der Waals surface area contributed by atoms with Gasteiger partial charge in [-0.2, -0.15) is 0 Å². The summed E-state index contributed by atoms with van der Waals surface area (Å²) in [7, 11) is 1.60. The summed E-state index contributed by atoms with van der Waals surface area (Å²) >= 11 is 0. The highest BCUT2D eigenvalue weighted by Crippen LogP contribution is 2.25. The van der Waals surface area contributed by atoms with Crippen molar-refractivity contribution < 1.29 is 17.9 Å². The van der Waals surface area contributed by atoms with E-state index in [9.17, 15) is 13.2 Å². The van der Waals surface area contributed by atoms with Crippen LogP contribution in [-0.2, 0) is 13.1 Å². The first-order valence-electron chi connectivity index (χ1n) is 7.37. The Hall–Kier alpha value is -1.91. The van der Waals surface area contributed by atoms with Crippen molar-refractivity contribution in [3.63, 3.8) is 0 Å². The number of halogens is 4. The molecule has 0 aliphatic carbocycles. The van der Waals surface area contributed by atoms with E-state index in [0.29, 0.717) is 18.1 Å². The van der Waals surface area contributed by atoms with Gasteiger partial charge in [0.2, 0.25) is 0 Å². The molecule has 0 unspecified atom stereocenters. The maximum absolute atomic E-state index is 12.4. The first-order chi connectivity index (χ1) is 11.5. The zero-order valence-corrected chi connectivity index (χ0v) is 15.9. The third-order valence-corrected chi connectivity index (χ3v) is 3.20. The summed E-state index contributed by atoms with van der Waals surface area (Å²) in [6, 6.07) is 9.88. The molecule has 2 aromatic rings. The highest BCUT2D eigenvalue weighted by atomic mass is 127. The summed E-state index contributed by atoms with van der Waals surface area (Å²) in [5.74, 6) is 0.282. The molecule has 1 heterocycles. The summed E-state index contributed by atoms with van der Waals surface area (Å²) in [4.78, 5) is 4.05. The number of hydrogen-bond donors (Lipinski definition) is 2. The van der Waals surface area contributed by atoms with E-state index in [2.05, 4.69) is 20.4 Å². The van der Waals surface area contributed by atoms with Crippen LogP contribution in [0.1, 0.15) is 5.56 Å². The number of para-hydroxylation sites is 1. The van der Waals surface area contributed by atoms with Crippen LogP contribution in [0.25, 0.3) is 0 Å². The number of aromatic nitrogens is 1. The molecule has 0 atom stereocenters. The second kappa shape index (κ2) is 10.2. The minimum absolute atomic E-state index is 0. The molecule has 0 spiro atoms. The van der Waals surface area contributed by atoms with Gasteiger partial charge >= 0.3 is 6.36 Å². The van der Waals surface area contributed by atoms with Crippen LogP contribution in [-0.4, -0.2) is 30.5 Å². The van der Waals surface area contributed by atoms with Gasteiger partial charge in [0.1, 0.15) is 5.75 Å². The minimum Gasteiger partial charge on any atom is -0.405 e. The number of nitrogens with one attached hydrogen (secondary N) is 2. The fourth-order valence-corrected chi connectivity index (χ4v) is 2.10. The lowest BCUT2D eigenvalue weighted by molar-refractivity contribution is -0.274. The van der Waals surface area contributed by atoms with E-state index in [1.807, 2.05) is 29.1 Å². The molecular weight excluding hydrogens is 448 g/mol. The molecule has 2 rings (SSSR count). The molecule has 2 N–H and O–H groups in total. The Morgan fingerprint density at radius 1 is 1.12 bits per heavy atom. The molecule has 0 aliphatic rings. The number of nitrogens with zero attached hydrogens (tertiary/aromatic N) is 2. The molecule has 25 heavy (non-hydrogen) atoms. The normalized spacial score (nSPS) is 11.6. The number of alkyl halides is 3. The number of rotatable bonds is 6. The van der Waals surface area contributed by atoms with Crippen LogP contribution in [0.15, 0.2) is 53.8 Å². The number of benzene rings is 1. The third kappa shape index (κ3) is 7.67. The summed E-state index contributed by atoms with van der Waals surface area (Å²) < 4.78 is 43.3. The van der Waals surface area contributed by atoms with Crippen LogP contribution in [0.2, 0.25) is 0 Å². The Labute approximate surface area is 161 Å². The Morgan fingerprint density at radius 3 is 2.44 bits per heavy atom. The molecular formula is C16H20F3IN4O. The Morgan fingerprint density at radius 2 is 1.80 bits per heavy atom. The largest absolute Gasteiger partial charge is 0.573 e. The Bertz CT molecular complexity index is 660. The van der Waals surface area contributed by atoms with Crippen molar-refractivity contribution in [3.05, 3.63) is 54.4 Å². The predicted molar refractivity (Wildman–Crippen MR) is 101 cm³/mol. The fraction of sp³-hybridized carbons (Fsp3) is 0.312. The van der Waals surface area contributed by atoms with E-state index in [4.69, 9.17) is 0 Å². The zero-order valence-electron chi connectivity index (χ0n) is 13.6. The molecule has 0 aliphatic heterocycles. The van der Waals surface area contributed by atoms with Crippen molar-refractivity contribution >= 4 is 29.9 Å². The van der Waals surface area contributed by atoms with Gasteiger partial charge < -0.3 is 19.9 Å². The number of ether oxygens (including phenoxy) is 1. The smallest absolute Gasteiger partial charge is 0.405 e. The summed E-state index contributed by atoms with van der Waals surface area (Å²) in [5, 5.41) is 6.07. The molecule has 0 amide bonds. The standard InChI is InChI=1S/C16H19F3N4O.HI/c1-20-15(21-8-11-23-9-4-5-10-23)22-12-13-6-2-3-7-14(13)24-16(17,18)19;/h2-7,9-10H,8,11-12H2,1H3,(H2,20,21,22);1H. The summed E-state index contributed by atoms with van der Waals surface area (Å²) in [5.41, 5.74) is 0.392. The number of guanidine groups is 1. The molecule has 0 fully saturated rings. The average molecular weight is 468 g/mol. The van der Waals surface area contributed by atoms with Gasteiger partial charge in [0.25, 0.3) is 0 Å². The van der Waals surface area contributed by atoms with E-state index < -0.39 is 6.36 Å². The van der Waals surface area contributed by atoms with Crippen LogP contribution in [0.3, 0.4) is 0 Å². The van der Waals surface area contributed by atoms with Crippen molar-refractivity contribution in [3.8, 4) is 5.75 Å². The molecule has 5 nitrogen and oxygen atoms in total. The fourth-order valence-electron chi connectivity index (χ4n) is 2.10. The third-order valence-electron chi connectivity index (χ3n) is 3.20. The second-order valence-electron chi connectivity index (χ2n) is 4.93.